The van der Waals surface area contributed by atoms with Gasteiger partial charge in [-0.25, -0.2) is 0 Å². The lowest BCUT2D eigenvalue weighted by molar-refractivity contribution is -0.0198. The van der Waals surface area contributed by atoms with Crippen LogP contribution in [0.1, 0.15) is 59.3 Å². The van der Waals surface area contributed by atoms with Crippen molar-refractivity contribution in [2.24, 2.45) is 5.41 Å². The topological polar surface area (TPSA) is 12.5 Å². The summed E-state index contributed by atoms with van der Waals surface area (Å²) >= 11 is 0. The Morgan fingerprint density at radius 3 is 2.12 bits per heavy atom. The van der Waals surface area contributed by atoms with Gasteiger partial charge in [0.05, 0.1) is 12.2 Å². The minimum Gasteiger partial charge on any atom is -0.375 e. The lowest BCUT2D eigenvalue weighted by atomic mass is 9.77. The number of likely N-dealkylation sites (tertiary alicyclic amines) is 1. The number of hydrogen-bond donors (Lipinski definition) is 0. The minimum atomic E-state index is 0.0163. The van der Waals surface area contributed by atoms with E-state index in [1.807, 2.05) is 0 Å². The third kappa shape index (κ3) is 3.96. The molecule has 2 heteroatoms. The Morgan fingerprint density at radius 2 is 1.59 bits per heavy atom. The summed E-state index contributed by atoms with van der Waals surface area (Å²) in [7, 11) is 0. The first-order chi connectivity index (χ1) is 7.99. The zero-order valence-corrected chi connectivity index (χ0v) is 11.9. The van der Waals surface area contributed by atoms with Gasteiger partial charge in [0.2, 0.25) is 0 Å². The molecule has 0 N–H and O–H groups in total. The summed E-state index contributed by atoms with van der Waals surface area (Å²) in [5, 5.41) is 0. The molecule has 0 aromatic rings. The number of ether oxygens (including phenoxy) is 1. The molecule has 2 aliphatic rings. The van der Waals surface area contributed by atoms with Crippen LogP contribution in [0.2, 0.25) is 0 Å². The second-order valence-corrected chi connectivity index (χ2v) is 7.01. The van der Waals surface area contributed by atoms with Crippen LogP contribution >= 0.6 is 0 Å². The average molecular weight is 239 g/mol. The molecule has 2 fully saturated rings. The smallest absolute Gasteiger partial charge is 0.0600 e. The van der Waals surface area contributed by atoms with E-state index in [4.69, 9.17) is 4.74 Å². The highest BCUT2D eigenvalue weighted by molar-refractivity contribution is 4.89. The van der Waals surface area contributed by atoms with Crippen LogP contribution in [0.4, 0.5) is 0 Å². The molecule has 0 atom stereocenters. The molecule has 1 aliphatic heterocycles. The predicted molar refractivity (Wildman–Crippen MR) is 72.3 cm³/mol. The molecule has 0 amide bonds. The molecule has 2 rings (SSSR count). The number of nitrogens with zero attached hydrogens (tertiary/aromatic N) is 1. The van der Waals surface area contributed by atoms with Gasteiger partial charge in [-0.2, -0.15) is 0 Å². The second kappa shape index (κ2) is 5.27. The van der Waals surface area contributed by atoms with E-state index >= 15 is 0 Å². The maximum absolute atomic E-state index is 5.81. The Hall–Kier alpha value is -0.0800. The first kappa shape index (κ1) is 13.4. The fourth-order valence-electron chi connectivity index (χ4n) is 3.36. The van der Waals surface area contributed by atoms with E-state index < -0.39 is 0 Å². The third-order valence-electron chi connectivity index (χ3n) is 4.52. The highest BCUT2D eigenvalue weighted by atomic mass is 16.5. The monoisotopic (exact) mass is 239 g/mol. The maximum atomic E-state index is 5.81. The van der Waals surface area contributed by atoms with E-state index in [0.29, 0.717) is 0 Å². The van der Waals surface area contributed by atoms with Crippen LogP contribution in [-0.4, -0.2) is 36.7 Å². The van der Waals surface area contributed by atoms with E-state index in [0.717, 1.165) is 18.6 Å². The predicted octanol–water partition coefficient (Wildman–Crippen LogP) is 3.46. The summed E-state index contributed by atoms with van der Waals surface area (Å²) in [6.07, 6.45) is 8.82. The van der Waals surface area contributed by atoms with Gasteiger partial charge in [-0.15, -0.1) is 0 Å². The van der Waals surface area contributed by atoms with Crippen molar-refractivity contribution >= 4 is 0 Å². The molecule has 0 aromatic carbocycles. The van der Waals surface area contributed by atoms with Gasteiger partial charge in [-0.1, -0.05) is 12.8 Å². The van der Waals surface area contributed by atoms with Crippen molar-refractivity contribution in [3.05, 3.63) is 0 Å². The van der Waals surface area contributed by atoms with Crippen molar-refractivity contribution < 1.29 is 4.74 Å². The quantitative estimate of drug-likeness (QED) is 0.748. The van der Waals surface area contributed by atoms with E-state index in [2.05, 4.69) is 25.7 Å². The molecule has 1 heterocycles. The molecular formula is C15H29NO. The van der Waals surface area contributed by atoms with Crippen molar-refractivity contribution in [1.82, 2.24) is 4.90 Å². The van der Waals surface area contributed by atoms with Gasteiger partial charge in [0.25, 0.3) is 0 Å². The summed E-state index contributed by atoms with van der Waals surface area (Å²) in [6.45, 7) is 11.0. The van der Waals surface area contributed by atoms with Crippen LogP contribution in [0.25, 0.3) is 0 Å². The number of rotatable bonds is 3. The zero-order valence-electron chi connectivity index (χ0n) is 11.9. The molecule has 1 spiro atoms. The first-order valence-electron chi connectivity index (χ1n) is 7.36. The van der Waals surface area contributed by atoms with Crippen LogP contribution < -0.4 is 0 Å². The van der Waals surface area contributed by atoms with E-state index in [-0.39, 0.29) is 5.60 Å². The number of hydrogen-bond acceptors (Lipinski definition) is 2. The highest BCUT2D eigenvalue weighted by Gasteiger charge is 2.36. The maximum Gasteiger partial charge on any atom is 0.0600 e. The van der Waals surface area contributed by atoms with Gasteiger partial charge in [0.15, 0.2) is 0 Å². The molecule has 1 aliphatic carbocycles. The molecule has 0 radical (unpaired) electrons. The van der Waals surface area contributed by atoms with E-state index in [1.54, 1.807) is 0 Å². The van der Waals surface area contributed by atoms with E-state index in [9.17, 15) is 0 Å². The molecule has 100 valence electrons. The minimum absolute atomic E-state index is 0.0163. The molecule has 0 bridgehead atoms. The van der Waals surface area contributed by atoms with Crippen LogP contribution in [0.5, 0.6) is 0 Å². The van der Waals surface area contributed by atoms with Gasteiger partial charge in [-0.05, 0) is 65.0 Å². The Balaban J connectivity index is 1.65. The second-order valence-electron chi connectivity index (χ2n) is 7.01. The summed E-state index contributed by atoms with van der Waals surface area (Å²) in [6, 6.07) is 0. The lowest BCUT2D eigenvalue weighted by Gasteiger charge is -2.39. The summed E-state index contributed by atoms with van der Waals surface area (Å²) in [5.74, 6) is 0. The fourth-order valence-corrected chi connectivity index (χ4v) is 3.36. The Morgan fingerprint density at radius 1 is 1.00 bits per heavy atom. The van der Waals surface area contributed by atoms with Gasteiger partial charge < -0.3 is 9.64 Å². The van der Waals surface area contributed by atoms with E-state index in [1.165, 1.54) is 51.6 Å². The Kier molecular flexibility index (Phi) is 4.14. The van der Waals surface area contributed by atoms with Gasteiger partial charge in [-0.3, -0.25) is 0 Å². The van der Waals surface area contributed by atoms with Gasteiger partial charge in [0.1, 0.15) is 0 Å². The molecule has 2 nitrogen and oxygen atoms in total. The molecule has 1 saturated heterocycles. The zero-order chi connectivity index (χ0) is 12.4. The van der Waals surface area contributed by atoms with Gasteiger partial charge >= 0.3 is 0 Å². The van der Waals surface area contributed by atoms with Crippen LogP contribution in [-0.2, 0) is 4.74 Å². The first-order valence-corrected chi connectivity index (χ1v) is 7.36. The van der Waals surface area contributed by atoms with Gasteiger partial charge in [0, 0.05) is 6.54 Å². The number of piperidine rings is 1. The third-order valence-corrected chi connectivity index (χ3v) is 4.52. The summed E-state index contributed by atoms with van der Waals surface area (Å²) < 4.78 is 5.81. The summed E-state index contributed by atoms with van der Waals surface area (Å²) in [4.78, 5) is 2.59. The normalized spacial score (nSPS) is 25.6. The standard InChI is InChI=1S/C15H29NO/c1-14(2,3)17-13-12-16-10-8-15(9-11-16)6-4-5-7-15/h4-13H2,1-3H3. The molecule has 0 unspecified atom stereocenters. The van der Waals surface area contributed by atoms with Crippen molar-refractivity contribution in [3.8, 4) is 0 Å². The Labute approximate surface area is 107 Å². The molecule has 17 heavy (non-hydrogen) atoms. The van der Waals surface area contributed by atoms with Crippen LogP contribution in [0.3, 0.4) is 0 Å². The summed E-state index contributed by atoms with van der Waals surface area (Å²) in [5.41, 5.74) is 0.768. The van der Waals surface area contributed by atoms with Crippen molar-refractivity contribution in [3.63, 3.8) is 0 Å². The van der Waals surface area contributed by atoms with Crippen LogP contribution in [0.15, 0.2) is 0 Å². The van der Waals surface area contributed by atoms with Crippen LogP contribution in [0, 0.1) is 5.41 Å². The fraction of sp³-hybridized carbons (Fsp3) is 1.00. The van der Waals surface area contributed by atoms with Crippen molar-refractivity contribution in [1.29, 1.82) is 0 Å². The average Bonchev–Trinajstić information content (AvgIpc) is 2.68. The molecule has 0 aromatic heterocycles. The van der Waals surface area contributed by atoms with Crippen molar-refractivity contribution in [2.75, 3.05) is 26.2 Å². The van der Waals surface area contributed by atoms with Crippen molar-refractivity contribution in [2.45, 2.75) is 64.9 Å². The highest BCUT2D eigenvalue weighted by Crippen LogP contribution is 2.45. The SMILES string of the molecule is CC(C)(C)OCCN1CCC2(CCCC2)CC1. The largest absolute Gasteiger partial charge is 0.375 e. The molecule has 1 saturated carbocycles. The molecular weight excluding hydrogens is 210 g/mol. The lowest BCUT2D eigenvalue weighted by Crippen LogP contribution is -2.41. The Bertz CT molecular complexity index is 228.